The minimum atomic E-state index is -0.369. The van der Waals surface area contributed by atoms with E-state index in [0.29, 0.717) is 38.6 Å². The summed E-state index contributed by atoms with van der Waals surface area (Å²) >= 11 is 0. The normalized spacial score (nSPS) is 14.2. The SMILES string of the molecule is COc1ccc(C2CC=Cc3c2ccc(-c2ccccc2)c3C(=O)OCCOCCOCCOCCO)cc1. The fraction of sp³-hybridized carbons (Fsp3) is 0.344. The molecule has 3 aromatic rings. The number of carbonyl (C=O) groups excluding carboxylic acids is 1. The van der Waals surface area contributed by atoms with Gasteiger partial charge >= 0.3 is 5.97 Å². The first kappa shape index (κ1) is 28.5. The van der Waals surface area contributed by atoms with Gasteiger partial charge in [0.15, 0.2) is 0 Å². The molecule has 0 aromatic heterocycles. The molecule has 0 spiro atoms. The lowest BCUT2D eigenvalue weighted by Gasteiger charge is -2.25. The van der Waals surface area contributed by atoms with Gasteiger partial charge in [-0.05, 0) is 46.4 Å². The van der Waals surface area contributed by atoms with Crippen molar-refractivity contribution in [2.45, 2.75) is 12.3 Å². The second-order valence-electron chi connectivity index (χ2n) is 9.02. The summed E-state index contributed by atoms with van der Waals surface area (Å²) in [5.41, 5.74) is 5.54. The van der Waals surface area contributed by atoms with E-state index in [0.717, 1.165) is 34.4 Å². The third kappa shape index (κ3) is 7.77. The highest BCUT2D eigenvalue weighted by Gasteiger charge is 2.26. The van der Waals surface area contributed by atoms with Gasteiger partial charge in [-0.1, -0.05) is 66.7 Å². The Bertz CT molecular complexity index is 1210. The smallest absolute Gasteiger partial charge is 0.339 e. The Kier molecular flexibility index (Phi) is 11.1. The van der Waals surface area contributed by atoms with Gasteiger partial charge in [0.05, 0.1) is 58.9 Å². The fourth-order valence-corrected chi connectivity index (χ4v) is 4.67. The summed E-state index contributed by atoms with van der Waals surface area (Å²) in [6.45, 7) is 2.39. The number of rotatable bonds is 15. The van der Waals surface area contributed by atoms with E-state index in [-0.39, 0.29) is 31.7 Å². The van der Waals surface area contributed by atoms with Gasteiger partial charge in [-0.2, -0.15) is 0 Å². The summed E-state index contributed by atoms with van der Waals surface area (Å²) < 4.78 is 27.1. The molecule has 7 heteroatoms. The monoisotopic (exact) mass is 532 g/mol. The number of fused-ring (bicyclic) bond motifs is 1. The van der Waals surface area contributed by atoms with Crippen LogP contribution in [-0.2, 0) is 18.9 Å². The van der Waals surface area contributed by atoms with E-state index in [4.69, 9.17) is 28.8 Å². The zero-order chi connectivity index (χ0) is 27.3. The van der Waals surface area contributed by atoms with Gasteiger partial charge in [0.2, 0.25) is 0 Å². The van der Waals surface area contributed by atoms with Crippen molar-refractivity contribution in [2.24, 2.45) is 0 Å². The molecule has 0 saturated heterocycles. The maximum Gasteiger partial charge on any atom is 0.339 e. The van der Waals surface area contributed by atoms with Gasteiger partial charge in [0.1, 0.15) is 12.4 Å². The van der Waals surface area contributed by atoms with Crippen LogP contribution in [0.1, 0.15) is 39.4 Å². The molecule has 7 nitrogen and oxygen atoms in total. The predicted molar refractivity (Wildman–Crippen MR) is 150 cm³/mol. The summed E-state index contributed by atoms with van der Waals surface area (Å²) in [6, 6.07) is 22.2. The summed E-state index contributed by atoms with van der Waals surface area (Å²) in [5.74, 6) is 0.575. The van der Waals surface area contributed by atoms with Crippen LogP contribution in [-0.4, -0.2) is 71.0 Å². The van der Waals surface area contributed by atoms with Gasteiger partial charge in [-0.3, -0.25) is 0 Å². The predicted octanol–water partition coefficient (Wildman–Crippen LogP) is 5.11. The molecule has 1 atom stereocenters. The van der Waals surface area contributed by atoms with Crippen LogP contribution in [0.25, 0.3) is 17.2 Å². The number of ether oxygens (including phenoxy) is 5. The molecule has 0 radical (unpaired) electrons. The minimum Gasteiger partial charge on any atom is -0.497 e. The van der Waals surface area contributed by atoms with E-state index < -0.39 is 0 Å². The molecule has 0 bridgehead atoms. The van der Waals surface area contributed by atoms with Crippen molar-refractivity contribution in [3.63, 3.8) is 0 Å². The van der Waals surface area contributed by atoms with Crippen LogP contribution in [0.4, 0.5) is 0 Å². The average molecular weight is 533 g/mol. The van der Waals surface area contributed by atoms with Crippen LogP contribution in [0.3, 0.4) is 0 Å². The maximum atomic E-state index is 13.5. The third-order valence-corrected chi connectivity index (χ3v) is 6.56. The van der Waals surface area contributed by atoms with Crippen LogP contribution >= 0.6 is 0 Å². The molecule has 0 aliphatic heterocycles. The molecule has 1 aliphatic rings. The van der Waals surface area contributed by atoms with Crippen molar-refractivity contribution in [3.8, 4) is 16.9 Å². The molecule has 1 aliphatic carbocycles. The molecule has 3 aromatic carbocycles. The Balaban J connectivity index is 1.45. The number of benzene rings is 3. The number of carbonyl (C=O) groups is 1. The van der Waals surface area contributed by atoms with Crippen LogP contribution in [0.2, 0.25) is 0 Å². The van der Waals surface area contributed by atoms with Crippen molar-refractivity contribution in [1.82, 2.24) is 0 Å². The molecule has 0 amide bonds. The molecule has 39 heavy (non-hydrogen) atoms. The van der Waals surface area contributed by atoms with Crippen molar-refractivity contribution in [2.75, 3.05) is 60.0 Å². The Morgan fingerprint density at radius 3 is 2.15 bits per heavy atom. The lowest BCUT2D eigenvalue weighted by Crippen LogP contribution is -2.17. The number of hydrogen-bond donors (Lipinski definition) is 1. The molecular formula is C32H36O7. The molecule has 1 unspecified atom stereocenters. The fourth-order valence-electron chi connectivity index (χ4n) is 4.67. The first-order valence-corrected chi connectivity index (χ1v) is 13.3. The average Bonchev–Trinajstić information content (AvgIpc) is 2.99. The quantitative estimate of drug-likeness (QED) is 0.215. The standard InChI is InChI=1S/C32H36O7/c1-35-26-12-10-25(11-13-26)27-8-5-9-30-29(27)15-14-28(24-6-3-2-4-7-24)31(30)32(34)39-23-22-38-21-20-37-19-18-36-17-16-33/h2-7,9-15,27,33H,8,16-23H2,1H3. The number of allylic oxidation sites excluding steroid dienone is 1. The number of methoxy groups -OCH3 is 1. The van der Waals surface area contributed by atoms with E-state index in [2.05, 4.69) is 24.3 Å². The Morgan fingerprint density at radius 1 is 0.821 bits per heavy atom. The van der Waals surface area contributed by atoms with Gasteiger partial charge in [-0.25, -0.2) is 4.79 Å². The highest BCUT2D eigenvalue weighted by Crippen LogP contribution is 2.40. The van der Waals surface area contributed by atoms with Gasteiger partial charge < -0.3 is 28.8 Å². The molecule has 4 rings (SSSR count). The molecule has 206 valence electrons. The maximum absolute atomic E-state index is 13.5. The number of aliphatic hydroxyl groups excluding tert-OH is 1. The number of esters is 1. The molecule has 0 fully saturated rings. The van der Waals surface area contributed by atoms with Gasteiger partial charge in [0.25, 0.3) is 0 Å². The number of hydrogen-bond acceptors (Lipinski definition) is 7. The largest absolute Gasteiger partial charge is 0.497 e. The summed E-state index contributed by atoms with van der Waals surface area (Å²) in [5, 5.41) is 8.68. The van der Waals surface area contributed by atoms with Crippen LogP contribution in [0.15, 0.2) is 72.8 Å². The molecule has 0 heterocycles. The second-order valence-corrected chi connectivity index (χ2v) is 9.02. The highest BCUT2D eigenvalue weighted by atomic mass is 16.6. The summed E-state index contributed by atoms with van der Waals surface area (Å²) in [6.07, 6.45) is 5.01. The van der Waals surface area contributed by atoms with Crippen molar-refractivity contribution >= 4 is 12.0 Å². The first-order valence-electron chi connectivity index (χ1n) is 13.3. The van der Waals surface area contributed by atoms with Crippen molar-refractivity contribution in [3.05, 3.63) is 95.1 Å². The Morgan fingerprint density at radius 2 is 1.49 bits per heavy atom. The van der Waals surface area contributed by atoms with E-state index >= 15 is 0 Å². The van der Waals surface area contributed by atoms with E-state index in [9.17, 15) is 4.79 Å². The lowest BCUT2D eigenvalue weighted by atomic mass is 9.79. The zero-order valence-corrected chi connectivity index (χ0v) is 22.3. The summed E-state index contributed by atoms with van der Waals surface area (Å²) in [7, 11) is 1.66. The van der Waals surface area contributed by atoms with Gasteiger partial charge in [-0.15, -0.1) is 0 Å². The van der Waals surface area contributed by atoms with Gasteiger partial charge in [0, 0.05) is 5.92 Å². The first-order chi connectivity index (χ1) is 19.2. The minimum absolute atomic E-state index is 0.000000599. The molecule has 1 N–H and O–H groups in total. The van der Waals surface area contributed by atoms with Crippen molar-refractivity contribution in [1.29, 1.82) is 0 Å². The summed E-state index contributed by atoms with van der Waals surface area (Å²) in [4.78, 5) is 13.5. The van der Waals surface area contributed by atoms with E-state index in [1.54, 1.807) is 7.11 Å². The zero-order valence-electron chi connectivity index (χ0n) is 22.3. The second kappa shape index (κ2) is 15.2. The van der Waals surface area contributed by atoms with Crippen LogP contribution in [0, 0.1) is 0 Å². The molecule has 0 saturated carbocycles. The lowest BCUT2D eigenvalue weighted by molar-refractivity contribution is -0.00312. The Labute approximate surface area is 229 Å². The highest BCUT2D eigenvalue weighted by molar-refractivity contribution is 6.02. The third-order valence-electron chi connectivity index (χ3n) is 6.56. The Hall–Kier alpha value is -3.49. The van der Waals surface area contributed by atoms with Crippen molar-refractivity contribution < 1.29 is 33.6 Å². The topological polar surface area (TPSA) is 83.5 Å². The van der Waals surface area contributed by atoms with E-state index in [1.807, 2.05) is 54.6 Å². The van der Waals surface area contributed by atoms with Crippen LogP contribution in [0.5, 0.6) is 5.75 Å². The van der Waals surface area contributed by atoms with E-state index in [1.165, 1.54) is 5.56 Å². The van der Waals surface area contributed by atoms with Crippen LogP contribution < -0.4 is 4.74 Å². The molecular weight excluding hydrogens is 496 g/mol. The number of aliphatic hydroxyl groups is 1.